The minimum absolute atomic E-state index is 0.280. The van der Waals surface area contributed by atoms with Gasteiger partial charge in [-0.1, -0.05) is 24.0 Å². The van der Waals surface area contributed by atoms with E-state index in [4.69, 9.17) is 0 Å². The third-order valence-electron chi connectivity index (χ3n) is 4.80. The molecule has 1 aromatic heterocycles. The summed E-state index contributed by atoms with van der Waals surface area (Å²) in [4.78, 5) is 10.9. The molecule has 1 aromatic carbocycles. The maximum atomic E-state index is 12.8. The number of anilines is 1. The molecule has 5 nitrogen and oxygen atoms in total. The van der Waals surface area contributed by atoms with Gasteiger partial charge >= 0.3 is 6.18 Å². The topological polar surface area (TPSA) is 52.6 Å². The largest absolute Gasteiger partial charge is 0.416 e. The van der Waals surface area contributed by atoms with E-state index in [9.17, 15) is 13.2 Å². The number of alkyl halides is 3. The van der Waals surface area contributed by atoms with Gasteiger partial charge in [-0.25, -0.2) is 4.98 Å². The van der Waals surface area contributed by atoms with E-state index in [1.165, 1.54) is 6.07 Å². The number of hydrogen-bond acceptors (Lipinski definition) is 3. The van der Waals surface area contributed by atoms with Crippen LogP contribution in [0, 0.1) is 11.8 Å². The maximum Gasteiger partial charge on any atom is 0.416 e. The summed E-state index contributed by atoms with van der Waals surface area (Å²) in [7, 11) is 1.68. The van der Waals surface area contributed by atoms with Crippen molar-refractivity contribution in [2.24, 2.45) is 4.99 Å². The van der Waals surface area contributed by atoms with Crippen molar-refractivity contribution in [1.29, 1.82) is 0 Å². The molecule has 0 spiro atoms. The number of halogens is 3. The van der Waals surface area contributed by atoms with E-state index in [0.717, 1.165) is 43.9 Å². The molecule has 2 aromatic rings. The Morgan fingerprint density at radius 3 is 2.67 bits per heavy atom. The van der Waals surface area contributed by atoms with Crippen LogP contribution in [0.1, 0.15) is 24.0 Å². The van der Waals surface area contributed by atoms with Crippen LogP contribution in [0.25, 0.3) is 0 Å². The normalized spacial score (nSPS) is 15.3. The van der Waals surface area contributed by atoms with E-state index in [0.29, 0.717) is 11.5 Å². The van der Waals surface area contributed by atoms with Crippen LogP contribution in [0.3, 0.4) is 0 Å². The highest BCUT2D eigenvalue weighted by Gasteiger charge is 2.30. The average Bonchev–Trinajstić information content (AvgIpc) is 2.76. The van der Waals surface area contributed by atoms with Gasteiger partial charge in [-0.3, -0.25) is 4.99 Å². The number of piperidine rings is 1. The van der Waals surface area contributed by atoms with Crippen LogP contribution in [0.4, 0.5) is 19.0 Å². The Labute approximate surface area is 174 Å². The van der Waals surface area contributed by atoms with E-state index < -0.39 is 11.7 Å². The van der Waals surface area contributed by atoms with Gasteiger partial charge in [-0.05, 0) is 43.2 Å². The first kappa shape index (κ1) is 21.5. The summed E-state index contributed by atoms with van der Waals surface area (Å²) in [6.45, 7) is 2.09. The van der Waals surface area contributed by atoms with E-state index in [2.05, 4.69) is 37.4 Å². The molecule has 1 fully saturated rings. The lowest BCUT2D eigenvalue weighted by molar-refractivity contribution is -0.137. The molecule has 0 amide bonds. The number of hydrogen-bond donors (Lipinski definition) is 2. The van der Waals surface area contributed by atoms with Crippen LogP contribution in [0.15, 0.2) is 53.7 Å². The predicted molar refractivity (Wildman–Crippen MR) is 112 cm³/mol. The Morgan fingerprint density at radius 2 is 2.00 bits per heavy atom. The molecule has 1 saturated heterocycles. The third-order valence-corrected chi connectivity index (χ3v) is 4.80. The van der Waals surface area contributed by atoms with Crippen molar-refractivity contribution < 1.29 is 13.2 Å². The van der Waals surface area contributed by atoms with Crippen LogP contribution < -0.4 is 15.5 Å². The van der Waals surface area contributed by atoms with E-state index in [1.807, 2.05) is 18.2 Å². The second-order valence-corrected chi connectivity index (χ2v) is 6.90. The van der Waals surface area contributed by atoms with Crippen LogP contribution in [0.5, 0.6) is 0 Å². The Balaban J connectivity index is 1.46. The van der Waals surface area contributed by atoms with Crippen LogP contribution in [0.2, 0.25) is 0 Å². The lowest BCUT2D eigenvalue weighted by Crippen LogP contribution is -2.48. The minimum Gasteiger partial charge on any atom is -0.356 e. The number of nitrogens with one attached hydrogen (secondary N) is 2. The molecular weight excluding hydrogens is 391 g/mol. The minimum atomic E-state index is -4.37. The maximum absolute atomic E-state index is 12.8. The van der Waals surface area contributed by atoms with Crippen LogP contribution in [-0.4, -0.2) is 43.7 Å². The summed E-state index contributed by atoms with van der Waals surface area (Å²) in [6, 6.07) is 11.2. The van der Waals surface area contributed by atoms with Gasteiger partial charge in [-0.2, -0.15) is 13.2 Å². The SMILES string of the molecule is CN=C(NCC#Cc1cccc(C(F)(F)F)c1)NC1CCN(c2ccccn2)CC1. The number of benzene rings is 1. The first-order valence-corrected chi connectivity index (χ1v) is 9.75. The smallest absolute Gasteiger partial charge is 0.356 e. The van der Waals surface area contributed by atoms with Gasteiger partial charge in [0.05, 0.1) is 12.1 Å². The monoisotopic (exact) mass is 415 g/mol. The van der Waals surface area contributed by atoms with Gasteiger partial charge in [-0.15, -0.1) is 0 Å². The van der Waals surface area contributed by atoms with Crippen LogP contribution in [-0.2, 0) is 6.18 Å². The summed E-state index contributed by atoms with van der Waals surface area (Å²) in [5.74, 6) is 7.22. The summed E-state index contributed by atoms with van der Waals surface area (Å²) in [6.07, 6.45) is -0.666. The Hall–Kier alpha value is -3.21. The zero-order valence-corrected chi connectivity index (χ0v) is 16.7. The van der Waals surface area contributed by atoms with E-state index in [1.54, 1.807) is 19.3 Å². The second kappa shape index (κ2) is 10.0. The fourth-order valence-corrected chi connectivity index (χ4v) is 3.23. The average molecular weight is 415 g/mol. The third kappa shape index (κ3) is 6.14. The highest BCUT2D eigenvalue weighted by Crippen LogP contribution is 2.29. The van der Waals surface area contributed by atoms with Gasteiger partial charge in [0.1, 0.15) is 5.82 Å². The Morgan fingerprint density at radius 1 is 1.20 bits per heavy atom. The van der Waals surface area contributed by atoms with Crippen molar-refractivity contribution in [2.75, 3.05) is 31.6 Å². The quantitative estimate of drug-likeness (QED) is 0.459. The lowest BCUT2D eigenvalue weighted by atomic mass is 10.1. The van der Waals surface area contributed by atoms with E-state index >= 15 is 0 Å². The van der Waals surface area contributed by atoms with Crippen molar-refractivity contribution in [3.63, 3.8) is 0 Å². The predicted octanol–water partition coefficient (Wildman–Crippen LogP) is 3.29. The Kier molecular flexibility index (Phi) is 7.17. The standard InChI is InChI=1S/C22H24F3N5/c1-26-21(28-13-5-7-17-6-4-8-18(16-17)22(23,24)25)29-19-10-14-30(15-11-19)20-9-2-3-12-27-20/h2-4,6,8-9,12,16,19H,10-11,13-15H2,1H3,(H2,26,28,29). The van der Waals surface area contributed by atoms with Gasteiger partial charge < -0.3 is 15.5 Å². The molecule has 0 radical (unpaired) electrons. The molecule has 1 aliphatic heterocycles. The highest BCUT2D eigenvalue weighted by atomic mass is 19.4. The fourth-order valence-electron chi connectivity index (χ4n) is 3.23. The van der Waals surface area contributed by atoms with Gasteiger partial charge in [0.15, 0.2) is 5.96 Å². The number of aromatic nitrogens is 1. The number of pyridine rings is 1. The number of rotatable bonds is 3. The molecule has 0 atom stereocenters. The molecule has 0 aliphatic carbocycles. The first-order chi connectivity index (χ1) is 14.5. The van der Waals surface area contributed by atoms with Gasteiger partial charge in [0, 0.05) is 37.9 Å². The molecule has 3 rings (SSSR count). The fraction of sp³-hybridized carbons (Fsp3) is 0.364. The van der Waals surface area contributed by atoms with Crippen LogP contribution >= 0.6 is 0 Å². The lowest BCUT2D eigenvalue weighted by Gasteiger charge is -2.33. The molecule has 30 heavy (non-hydrogen) atoms. The first-order valence-electron chi connectivity index (χ1n) is 9.75. The number of nitrogens with zero attached hydrogens (tertiary/aromatic N) is 3. The molecule has 158 valence electrons. The highest BCUT2D eigenvalue weighted by molar-refractivity contribution is 5.80. The summed E-state index contributed by atoms with van der Waals surface area (Å²) in [5, 5.41) is 6.47. The van der Waals surface area contributed by atoms with Crippen molar-refractivity contribution in [3.8, 4) is 11.8 Å². The van der Waals surface area contributed by atoms with E-state index in [-0.39, 0.29) is 12.6 Å². The van der Waals surface area contributed by atoms with Crippen molar-refractivity contribution in [2.45, 2.75) is 25.1 Å². The molecule has 0 bridgehead atoms. The molecule has 2 N–H and O–H groups in total. The molecule has 8 heteroatoms. The zero-order valence-electron chi connectivity index (χ0n) is 16.7. The van der Waals surface area contributed by atoms with Crippen molar-refractivity contribution >= 4 is 11.8 Å². The molecule has 1 aliphatic rings. The molecule has 0 saturated carbocycles. The number of aliphatic imine (C=N–C) groups is 1. The van der Waals surface area contributed by atoms with Crippen molar-refractivity contribution in [3.05, 3.63) is 59.8 Å². The summed E-state index contributed by atoms with van der Waals surface area (Å²) < 4.78 is 38.3. The Bertz CT molecular complexity index is 908. The van der Waals surface area contributed by atoms with Crippen molar-refractivity contribution in [1.82, 2.24) is 15.6 Å². The number of guanidine groups is 1. The molecule has 2 heterocycles. The zero-order chi connectivity index (χ0) is 21.4. The summed E-state index contributed by atoms with van der Waals surface area (Å²) in [5.41, 5.74) is -0.367. The molecular formula is C22H24F3N5. The van der Waals surface area contributed by atoms with Gasteiger partial charge in [0.25, 0.3) is 0 Å². The summed E-state index contributed by atoms with van der Waals surface area (Å²) >= 11 is 0. The molecule has 0 unspecified atom stereocenters. The van der Waals surface area contributed by atoms with Gasteiger partial charge in [0.2, 0.25) is 0 Å². The second-order valence-electron chi connectivity index (χ2n) is 6.90.